The molecule has 0 aliphatic heterocycles. The Kier molecular flexibility index (Phi) is 5.15. The lowest BCUT2D eigenvalue weighted by molar-refractivity contribution is -0.137. The van der Waals surface area contributed by atoms with Gasteiger partial charge in [0.15, 0.2) is 0 Å². The van der Waals surface area contributed by atoms with E-state index in [-0.39, 0.29) is 10.8 Å². The Labute approximate surface area is 137 Å². The van der Waals surface area contributed by atoms with Crippen molar-refractivity contribution in [2.24, 2.45) is 0 Å². The van der Waals surface area contributed by atoms with Gasteiger partial charge in [-0.25, -0.2) is 0 Å². The molecule has 0 bridgehead atoms. The summed E-state index contributed by atoms with van der Waals surface area (Å²) in [6.45, 7) is 1.43. The zero-order chi connectivity index (χ0) is 17.0. The highest BCUT2D eigenvalue weighted by Crippen LogP contribution is 2.30. The third-order valence-electron chi connectivity index (χ3n) is 3.28. The van der Waals surface area contributed by atoms with Crippen LogP contribution < -0.4 is 5.32 Å². The second-order valence-electron chi connectivity index (χ2n) is 5.02. The van der Waals surface area contributed by atoms with Gasteiger partial charge in [-0.2, -0.15) is 13.2 Å². The molecule has 0 amide bonds. The van der Waals surface area contributed by atoms with Crippen molar-refractivity contribution in [1.29, 1.82) is 0 Å². The number of carbonyl (C=O) groups is 1. The van der Waals surface area contributed by atoms with Gasteiger partial charge in [-0.05, 0) is 36.8 Å². The predicted molar refractivity (Wildman–Crippen MR) is 87.5 cm³/mol. The lowest BCUT2D eigenvalue weighted by Crippen LogP contribution is -2.24. The van der Waals surface area contributed by atoms with Crippen molar-refractivity contribution >= 4 is 28.7 Å². The van der Waals surface area contributed by atoms with E-state index in [1.54, 1.807) is 24.3 Å². The number of ketones is 1. The smallest absolute Gasteiger partial charge is 0.349 e. The van der Waals surface area contributed by atoms with Crippen LogP contribution in [0.25, 0.3) is 0 Å². The van der Waals surface area contributed by atoms with Crippen LogP contribution in [0.1, 0.15) is 24.0 Å². The molecule has 0 aromatic heterocycles. The summed E-state index contributed by atoms with van der Waals surface area (Å²) in [5, 5.41) is 2.84. The van der Waals surface area contributed by atoms with E-state index < -0.39 is 17.7 Å². The first-order valence-corrected chi connectivity index (χ1v) is 7.23. The van der Waals surface area contributed by atoms with Crippen LogP contribution in [0.15, 0.2) is 54.6 Å². The maximum Gasteiger partial charge on any atom is 0.416 e. The predicted octanol–water partition coefficient (Wildman–Crippen LogP) is 4.82. The lowest BCUT2D eigenvalue weighted by Gasteiger charge is -2.17. The molecule has 0 heterocycles. The molecule has 23 heavy (non-hydrogen) atoms. The van der Waals surface area contributed by atoms with Crippen LogP contribution in [-0.2, 0) is 11.0 Å². The quantitative estimate of drug-likeness (QED) is 0.811. The van der Waals surface area contributed by atoms with Gasteiger partial charge in [-0.15, -0.1) is 0 Å². The molecule has 1 unspecified atom stereocenters. The summed E-state index contributed by atoms with van der Waals surface area (Å²) in [7, 11) is 0. The lowest BCUT2D eigenvalue weighted by atomic mass is 9.95. The second kappa shape index (κ2) is 6.91. The van der Waals surface area contributed by atoms with E-state index in [1.807, 2.05) is 6.07 Å². The molecule has 2 aromatic carbocycles. The number of Topliss-reactive ketones (excluding diaryl/α,β-unsaturated/α-hetero) is 1. The van der Waals surface area contributed by atoms with Crippen molar-refractivity contribution in [3.05, 3.63) is 65.7 Å². The Morgan fingerprint density at radius 3 is 2.09 bits per heavy atom. The normalized spacial score (nSPS) is 12.5. The number of alkyl halides is 3. The van der Waals surface area contributed by atoms with Gasteiger partial charge < -0.3 is 5.32 Å². The molecule has 0 saturated carbocycles. The molecular formula is C17H14F3NOS. The van der Waals surface area contributed by atoms with Gasteiger partial charge in [0, 0.05) is 5.69 Å². The molecule has 1 atom stereocenters. The first-order chi connectivity index (χ1) is 10.8. The monoisotopic (exact) mass is 337 g/mol. The summed E-state index contributed by atoms with van der Waals surface area (Å²) < 4.78 is 37.6. The topological polar surface area (TPSA) is 29.1 Å². The molecule has 0 saturated heterocycles. The van der Waals surface area contributed by atoms with Crippen LogP contribution in [0.5, 0.6) is 0 Å². The Balaban J connectivity index is 2.18. The molecule has 0 fully saturated rings. The first kappa shape index (κ1) is 17.1. The SMILES string of the molecule is CC(=O)C(C(=S)Nc1ccc(C(F)(F)F)cc1)c1ccccc1. The first-order valence-electron chi connectivity index (χ1n) is 6.82. The van der Waals surface area contributed by atoms with E-state index in [1.165, 1.54) is 19.1 Å². The Hall–Kier alpha value is -2.21. The zero-order valence-corrected chi connectivity index (χ0v) is 13.0. The molecule has 2 rings (SSSR count). The van der Waals surface area contributed by atoms with Gasteiger partial charge >= 0.3 is 6.18 Å². The number of hydrogen-bond donors (Lipinski definition) is 1. The Bertz CT molecular complexity index is 696. The number of thiocarbonyl (C=S) groups is 1. The Morgan fingerprint density at radius 1 is 1.04 bits per heavy atom. The number of carbonyl (C=O) groups excluding carboxylic acids is 1. The van der Waals surface area contributed by atoms with Crippen LogP contribution >= 0.6 is 12.2 Å². The highest BCUT2D eigenvalue weighted by molar-refractivity contribution is 7.80. The van der Waals surface area contributed by atoms with Crippen molar-refractivity contribution < 1.29 is 18.0 Å². The van der Waals surface area contributed by atoms with Gasteiger partial charge in [0.25, 0.3) is 0 Å². The van der Waals surface area contributed by atoms with Crippen LogP contribution in [0.4, 0.5) is 18.9 Å². The van der Waals surface area contributed by atoms with Crippen LogP contribution in [0, 0.1) is 0 Å². The van der Waals surface area contributed by atoms with Gasteiger partial charge in [-0.3, -0.25) is 4.79 Å². The van der Waals surface area contributed by atoms with Crippen molar-refractivity contribution in [2.45, 2.75) is 19.0 Å². The Morgan fingerprint density at radius 2 is 1.61 bits per heavy atom. The van der Waals surface area contributed by atoms with E-state index in [9.17, 15) is 18.0 Å². The van der Waals surface area contributed by atoms with E-state index >= 15 is 0 Å². The largest absolute Gasteiger partial charge is 0.416 e. The minimum Gasteiger partial charge on any atom is -0.349 e. The number of hydrogen-bond acceptors (Lipinski definition) is 2. The van der Waals surface area contributed by atoms with Crippen LogP contribution in [-0.4, -0.2) is 10.8 Å². The summed E-state index contributed by atoms with van der Waals surface area (Å²) in [5.74, 6) is -0.769. The molecule has 2 aromatic rings. The number of benzene rings is 2. The summed E-state index contributed by atoms with van der Waals surface area (Å²) in [4.78, 5) is 12.1. The highest BCUT2D eigenvalue weighted by Gasteiger charge is 2.30. The van der Waals surface area contributed by atoms with Crippen molar-refractivity contribution in [3.8, 4) is 0 Å². The van der Waals surface area contributed by atoms with Crippen molar-refractivity contribution in [1.82, 2.24) is 0 Å². The molecule has 1 N–H and O–H groups in total. The summed E-state index contributed by atoms with van der Waals surface area (Å²) in [6, 6.07) is 13.5. The molecule has 6 heteroatoms. The maximum absolute atomic E-state index is 12.5. The minimum atomic E-state index is -4.38. The fourth-order valence-corrected chi connectivity index (χ4v) is 2.59. The number of anilines is 1. The fourth-order valence-electron chi connectivity index (χ4n) is 2.17. The van der Waals surface area contributed by atoms with Gasteiger partial charge in [0.05, 0.1) is 16.5 Å². The van der Waals surface area contributed by atoms with E-state index in [2.05, 4.69) is 5.32 Å². The average molecular weight is 337 g/mol. The third-order valence-corrected chi connectivity index (χ3v) is 3.62. The standard InChI is InChI=1S/C17H14F3NOS/c1-11(22)15(12-5-3-2-4-6-12)16(23)21-14-9-7-13(8-10-14)17(18,19)20/h2-10,15H,1H3,(H,21,23). The molecule has 0 radical (unpaired) electrons. The van der Waals surface area contributed by atoms with E-state index in [0.29, 0.717) is 5.69 Å². The molecular weight excluding hydrogens is 323 g/mol. The molecule has 0 aliphatic rings. The average Bonchev–Trinajstić information content (AvgIpc) is 2.47. The molecule has 120 valence electrons. The summed E-state index contributed by atoms with van der Waals surface area (Å²) >= 11 is 5.27. The van der Waals surface area contributed by atoms with E-state index in [4.69, 9.17) is 12.2 Å². The fraction of sp³-hybridized carbons (Fsp3) is 0.176. The summed E-state index contributed by atoms with van der Waals surface area (Å²) in [5.41, 5.74) is 0.412. The van der Waals surface area contributed by atoms with Gasteiger partial charge in [-0.1, -0.05) is 42.5 Å². The summed E-state index contributed by atoms with van der Waals surface area (Å²) in [6.07, 6.45) is -4.38. The van der Waals surface area contributed by atoms with Gasteiger partial charge in [0.1, 0.15) is 5.78 Å². The van der Waals surface area contributed by atoms with Crippen LogP contribution in [0.2, 0.25) is 0 Å². The molecule has 0 spiro atoms. The number of halogens is 3. The second-order valence-corrected chi connectivity index (χ2v) is 5.46. The van der Waals surface area contributed by atoms with Crippen molar-refractivity contribution in [2.75, 3.05) is 5.32 Å². The van der Waals surface area contributed by atoms with Gasteiger partial charge in [0.2, 0.25) is 0 Å². The zero-order valence-electron chi connectivity index (χ0n) is 12.2. The van der Waals surface area contributed by atoms with E-state index in [0.717, 1.165) is 17.7 Å². The molecule has 2 nitrogen and oxygen atoms in total. The molecule has 0 aliphatic carbocycles. The third kappa shape index (κ3) is 4.39. The number of rotatable bonds is 4. The number of nitrogens with one attached hydrogen (secondary N) is 1. The van der Waals surface area contributed by atoms with Crippen molar-refractivity contribution in [3.63, 3.8) is 0 Å². The van der Waals surface area contributed by atoms with Crippen LogP contribution in [0.3, 0.4) is 0 Å². The minimum absolute atomic E-state index is 0.138. The maximum atomic E-state index is 12.5. The highest BCUT2D eigenvalue weighted by atomic mass is 32.1.